The van der Waals surface area contributed by atoms with Gasteiger partial charge in [-0.25, -0.2) is 4.79 Å². The maximum Gasteiger partial charge on any atom is 0.339 e. The van der Waals surface area contributed by atoms with E-state index in [9.17, 15) is 4.79 Å². The average Bonchev–Trinajstić information content (AvgIpc) is 2.74. The van der Waals surface area contributed by atoms with Crippen molar-refractivity contribution in [2.45, 2.75) is 5.60 Å². The largest absolute Gasteiger partial charge is 0.445 e. The van der Waals surface area contributed by atoms with Gasteiger partial charge in [0.2, 0.25) is 0 Å². The molecule has 1 aliphatic rings. The van der Waals surface area contributed by atoms with Crippen molar-refractivity contribution in [3.8, 4) is 0 Å². The molecule has 0 spiro atoms. The van der Waals surface area contributed by atoms with E-state index in [2.05, 4.69) is 15.9 Å². The number of ether oxygens (including phenoxy) is 1. The molecule has 0 amide bonds. The smallest absolute Gasteiger partial charge is 0.339 e. The summed E-state index contributed by atoms with van der Waals surface area (Å²) in [4.78, 5) is 12.0. The minimum Gasteiger partial charge on any atom is -0.445 e. The van der Waals surface area contributed by atoms with Crippen LogP contribution in [0, 0.1) is 0 Å². The van der Waals surface area contributed by atoms with Gasteiger partial charge in [0.1, 0.15) is 0 Å². The third kappa shape index (κ3) is 1.88. The van der Waals surface area contributed by atoms with E-state index in [4.69, 9.17) is 16.3 Å². The molecule has 4 heteroatoms. The second kappa shape index (κ2) is 4.66. The molecule has 0 aliphatic carbocycles. The molecule has 1 aliphatic heterocycles. The summed E-state index contributed by atoms with van der Waals surface area (Å²) in [6, 6.07) is 14.8. The van der Waals surface area contributed by atoms with E-state index < -0.39 is 5.60 Å². The van der Waals surface area contributed by atoms with E-state index in [1.807, 2.05) is 30.3 Å². The lowest BCUT2D eigenvalue weighted by Crippen LogP contribution is -2.29. The first-order valence-corrected chi connectivity index (χ1v) is 7.32. The summed E-state index contributed by atoms with van der Waals surface area (Å²) in [5.74, 6) is -0.287. The molecule has 19 heavy (non-hydrogen) atoms. The molecular weight excluding hydrogens is 328 g/mol. The molecule has 0 bridgehead atoms. The number of alkyl halides is 1. The summed E-state index contributed by atoms with van der Waals surface area (Å²) in [5, 5.41) is 1.16. The van der Waals surface area contributed by atoms with Gasteiger partial charge in [-0.3, -0.25) is 0 Å². The Hall–Kier alpha value is -1.32. The Morgan fingerprint density at radius 1 is 1.11 bits per heavy atom. The Morgan fingerprint density at radius 3 is 2.47 bits per heavy atom. The van der Waals surface area contributed by atoms with Crippen molar-refractivity contribution in [1.29, 1.82) is 0 Å². The lowest BCUT2D eigenvalue weighted by Gasteiger charge is -2.27. The van der Waals surface area contributed by atoms with E-state index in [-0.39, 0.29) is 5.97 Å². The zero-order valence-electron chi connectivity index (χ0n) is 9.90. The highest BCUT2D eigenvalue weighted by atomic mass is 79.9. The molecular formula is C15H10BrClO2. The highest BCUT2D eigenvalue weighted by molar-refractivity contribution is 9.09. The summed E-state index contributed by atoms with van der Waals surface area (Å²) in [6.07, 6.45) is 0. The molecule has 2 nitrogen and oxygen atoms in total. The van der Waals surface area contributed by atoms with Crippen LogP contribution in [0.5, 0.6) is 0 Å². The summed E-state index contributed by atoms with van der Waals surface area (Å²) in [6.45, 7) is 0. The minimum atomic E-state index is -0.766. The van der Waals surface area contributed by atoms with Crippen LogP contribution in [0.25, 0.3) is 0 Å². The first kappa shape index (κ1) is 12.7. The van der Waals surface area contributed by atoms with Gasteiger partial charge in [-0.1, -0.05) is 57.9 Å². The van der Waals surface area contributed by atoms with Crippen LogP contribution < -0.4 is 0 Å². The molecule has 3 rings (SSSR count). The molecule has 96 valence electrons. The van der Waals surface area contributed by atoms with Gasteiger partial charge in [-0.05, 0) is 18.2 Å². The fraction of sp³-hybridized carbons (Fsp3) is 0.133. The Morgan fingerprint density at radius 2 is 1.79 bits per heavy atom. The number of halogens is 2. The van der Waals surface area contributed by atoms with E-state index >= 15 is 0 Å². The number of hydrogen-bond acceptors (Lipinski definition) is 2. The summed E-state index contributed by atoms with van der Waals surface area (Å²) < 4.78 is 5.67. The number of rotatable bonds is 2. The SMILES string of the molecule is O=C1O[C@@](CBr)(c2ccc(Cl)cc2)c2ccccc21. The van der Waals surface area contributed by atoms with Gasteiger partial charge >= 0.3 is 5.97 Å². The fourth-order valence-electron chi connectivity index (χ4n) is 2.39. The Bertz CT molecular complexity index is 639. The molecule has 0 saturated carbocycles. The van der Waals surface area contributed by atoms with Gasteiger partial charge in [0.25, 0.3) is 0 Å². The van der Waals surface area contributed by atoms with Crippen LogP contribution in [-0.2, 0) is 10.3 Å². The highest BCUT2D eigenvalue weighted by Crippen LogP contribution is 2.43. The van der Waals surface area contributed by atoms with Crippen LogP contribution in [0.3, 0.4) is 0 Å². The number of carbonyl (C=O) groups is 1. The zero-order chi connectivity index (χ0) is 13.5. The second-order valence-corrected chi connectivity index (χ2v) is 5.40. The normalized spacial score (nSPS) is 21.1. The van der Waals surface area contributed by atoms with Gasteiger partial charge in [0.15, 0.2) is 5.60 Å². The van der Waals surface area contributed by atoms with Crippen LogP contribution in [0.15, 0.2) is 48.5 Å². The van der Waals surface area contributed by atoms with Crippen LogP contribution in [-0.4, -0.2) is 11.3 Å². The molecule has 2 aromatic carbocycles. The molecule has 0 N–H and O–H groups in total. The van der Waals surface area contributed by atoms with Crippen molar-refractivity contribution >= 4 is 33.5 Å². The maximum absolute atomic E-state index is 12.0. The molecule has 2 aromatic rings. The average molecular weight is 338 g/mol. The van der Waals surface area contributed by atoms with Gasteiger partial charge in [0, 0.05) is 16.1 Å². The van der Waals surface area contributed by atoms with E-state index in [0.717, 1.165) is 11.1 Å². The number of esters is 1. The topological polar surface area (TPSA) is 26.3 Å². The summed E-state index contributed by atoms with van der Waals surface area (Å²) in [5.41, 5.74) is 1.65. The second-order valence-electron chi connectivity index (χ2n) is 4.40. The number of carbonyl (C=O) groups excluding carboxylic acids is 1. The van der Waals surface area contributed by atoms with Crippen molar-refractivity contribution < 1.29 is 9.53 Å². The highest BCUT2D eigenvalue weighted by Gasteiger charge is 2.45. The fourth-order valence-corrected chi connectivity index (χ4v) is 3.26. The van der Waals surface area contributed by atoms with Crippen molar-refractivity contribution in [2.24, 2.45) is 0 Å². The molecule has 1 heterocycles. The molecule has 1 atom stereocenters. The number of fused-ring (bicyclic) bond motifs is 1. The van der Waals surface area contributed by atoms with E-state index in [0.29, 0.717) is 15.9 Å². The van der Waals surface area contributed by atoms with Gasteiger partial charge in [-0.15, -0.1) is 0 Å². The predicted octanol–water partition coefficient (Wildman–Crippen LogP) is 4.15. The molecule has 0 saturated heterocycles. The maximum atomic E-state index is 12.0. The molecule has 0 aromatic heterocycles. The molecule has 0 fully saturated rings. The third-order valence-corrected chi connectivity index (χ3v) is 4.39. The van der Waals surface area contributed by atoms with Gasteiger partial charge < -0.3 is 4.74 Å². The zero-order valence-corrected chi connectivity index (χ0v) is 12.2. The molecule has 0 unspecified atom stereocenters. The van der Waals surface area contributed by atoms with Crippen molar-refractivity contribution in [1.82, 2.24) is 0 Å². The van der Waals surface area contributed by atoms with E-state index in [1.165, 1.54) is 0 Å². The standard InChI is InChI=1S/C15H10BrClO2/c16-9-15(10-5-7-11(17)8-6-10)13-4-2-1-3-12(13)14(18)19-15/h1-8H,9H2/t15-/m0/s1. The third-order valence-electron chi connectivity index (χ3n) is 3.35. The first-order valence-electron chi connectivity index (χ1n) is 5.82. The predicted molar refractivity (Wildman–Crippen MR) is 77.9 cm³/mol. The first-order chi connectivity index (χ1) is 9.17. The Balaban J connectivity index is 2.21. The van der Waals surface area contributed by atoms with Gasteiger partial charge in [-0.2, -0.15) is 0 Å². The van der Waals surface area contributed by atoms with Crippen LogP contribution in [0.1, 0.15) is 21.5 Å². The summed E-state index contributed by atoms with van der Waals surface area (Å²) in [7, 11) is 0. The van der Waals surface area contributed by atoms with Crippen molar-refractivity contribution in [2.75, 3.05) is 5.33 Å². The van der Waals surface area contributed by atoms with Crippen LogP contribution >= 0.6 is 27.5 Å². The quantitative estimate of drug-likeness (QED) is 0.608. The Kier molecular flexibility index (Phi) is 3.11. The summed E-state index contributed by atoms with van der Waals surface area (Å²) >= 11 is 9.39. The van der Waals surface area contributed by atoms with Crippen molar-refractivity contribution in [3.05, 3.63) is 70.2 Å². The lowest BCUT2D eigenvalue weighted by molar-refractivity contribution is 0.0201. The van der Waals surface area contributed by atoms with Crippen molar-refractivity contribution in [3.63, 3.8) is 0 Å². The minimum absolute atomic E-state index is 0.287. The number of benzene rings is 2. The van der Waals surface area contributed by atoms with Crippen LogP contribution in [0.4, 0.5) is 0 Å². The number of cyclic esters (lactones) is 1. The Labute approximate surface area is 124 Å². The number of hydrogen-bond donors (Lipinski definition) is 0. The van der Waals surface area contributed by atoms with E-state index in [1.54, 1.807) is 18.2 Å². The van der Waals surface area contributed by atoms with Gasteiger partial charge in [0.05, 0.1) is 10.9 Å². The lowest BCUT2D eigenvalue weighted by atomic mass is 9.87. The van der Waals surface area contributed by atoms with Crippen LogP contribution in [0.2, 0.25) is 5.02 Å². The monoisotopic (exact) mass is 336 g/mol. The molecule has 0 radical (unpaired) electrons.